The minimum atomic E-state index is -0.709. The number of nitrogens with zero attached hydrogens (tertiary/aromatic N) is 1. The summed E-state index contributed by atoms with van der Waals surface area (Å²) in [4.78, 5) is 2.56. The fourth-order valence-corrected chi connectivity index (χ4v) is 4.09. The second-order valence-corrected chi connectivity index (χ2v) is 7.35. The maximum absolute atomic E-state index is 10.1. The van der Waals surface area contributed by atoms with Gasteiger partial charge >= 0.3 is 0 Å². The maximum Gasteiger partial charge on any atom is 0.0756 e. The van der Waals surface area contributed by atoms with Gasteiger partial charge in [0, 0.05) is 12.6 Å². The second kappa shape index (κ2) is 6.11. The highest BCUT2D eigenvalue weighted by Crippen LogP contribution is 2.44. The summed E-state index contributed by atoms with van der Waals surface area (Å²) < 4.78 is 0. The van der Waals surface area contributed by atoms with E-state index in [1.165, 1.54) is 58.0 Å². The standard InChI is InChI=1S/C16H32N2O/c1-14(12-15(2,19)13-17)18-10-8-16(9-11-18)6-4-3-5-7-16/h14,19H,3-13,17H2,1-2H3. The normalized spacial score (nSPS) is 29.1. The van der Waals surface area contributed by atoms with Crippen LogP contribution in [0, 0.1) is 5.41 Å². The minimum absolute atomic E-state index is 0.356. The monoisotopic (exact) mass is 268 g/mol. The first kappa shape index (κ1) is 15.3. The number of piperidine rings is 1. The highest BCUT2D eigenvalue weighted by atomic mass is 16.3. The molecule has 112 valence electrons. The molecule has 2 atom stereocenters. The van der Waals surface area contributed by atoms with Crippen LogP contribution in [0.5, 0.6) is 0 Å². The smallest absolute Gasteiger partial charge is 0.0756 e. The number of hydrogen-bond donors (Lipinski definition) is 2. The van der Waals surface area contributed by atoms with Crippen molar-refractivity contribution in [3.05, 3.63) is 0 Å². The Morgan fingerprint density at radius 2 is 1.74 bits per heavy atom. The van der Waals surface area contributed by atoms with Crippen molar-refractivity contribution in [3.8, 4) is 0 Å². The molecule has 0 aromatic heterocycles. The molecule has 1 aliphatic heterocycles. The highest BCUT2D eigenvalue weighted by molar-refractivity contribution is 4.90. The molecule has 2 aliphatic rings. The van der Waals surface area contributed by atoms with E-state index in [1.807, 2.05) is 6.92 Å². The Balaban J connectivity index is 1.82. The van der Waals surface area contributed by atoms with Crippen molar-refractivity contribution in [1.82, 2.24) is 4.90 Å². The zero-order valence-corrected chi connectivity index (χ0v) is 12.8. The van der Waals surface area contributed by atoms with Gasteiger partial charge in [0.05, 0.1) is 5.60 Å². The third kappa shape index (κ3) is 3.93. The lowest BCUT2D eigenvalue weighted by atomic mass is 9.68. The molecule has 1 spiro atoms. The van der Waals surface area contributed by atoms with E-state index >= 15 is 0 Å². The van der Waals surface area contributed by atoms with Crippen LogP contribution in [0.15, 0.2) is 0 Å². The van der Waals surface area contributed by atoms with Gasteiger partial charge in [0.15, 0.2) is 0 Å². The lowest BCUT2D eigenvalue weighted by Gasteiger charge is -2.46. The summed E-state index contributed by atoms with van der Waals surface area (Å²) >= 11 is 0. The second-order valence-electron chi connectivity index (χ2n) is 7.35. The van der Waals surface area contributed by atoms with Crippen LogP contribution in [0.2, 0.25) is 0 Å². The first-order valence-electron chi connectivity index (χ1n) is 8.13. The molecule has 1 saturated carbocycles. The molecule has 2 rings (SSSR count). The van der Waals surface area contributed by atoms with Gasteiger partial charge in [0.25, 0.3) is 0 Å². The van der Waals surface area contributed by atoms with Crippen LogP contribution in [-0.2, 0) is 0 Å². The van der Waals surface area contributed by atoms with Gasteiger partial charge in [-0.3, -0.25) is 0 Å². The number of nitrogens with two attached hydrogens (primary N) is 1. The van der Waals surface area contributed by atoms with Crippen molar-refractivity contribution >= 4 is 0 Å². The SMILES string of the molecule is CC(CC(C)(O)CN)N1CCC2(CCCCC2)CC1. The molecule has 1 saturated heterocycles. The minimum Gasteiger partial charge on any atom is -0.389 e. The maximum atomic E-state index is 10.1. The quantitative estimate of drug-likeness (QED) is 0.823. The van der Waals surface area contributed by atoms with Crippen LogP contribution >= 0.6 is 0 Å². The summed E-state index contributed by atoms with van der Waals surface area (Å²) in [5, 5.41) is 10.1. The molecular weight excluding hydrogens is 236 g/mol. The average molecular weight is 268 g/mol. The van der Waals surface area contributed by atoms with Crippen molar-refractivity contribution in [2.24, 2.45) is 11.1 Å². The molecule has 0 aromatic carbocycles. The van der Waals surface area contributed by atoms with Crippen molar-refractivity contribution in [2.45, 2.75) is 76.9 Å². The van der Waals surface area contributed by atoms with E-state index in [4.69, 9.17) is 5.73 Å². The van der Waals surface area contributed by atoms with Gasteiger partial charge in [-0.2, -0.15) is 0 Å². The molecule has 1 heterocycles. The predicted octanol–water partition coefficient (Wildman–Crippen LogP) is 2.52. The Bertz CT molecular complexity index is 274. The fourth-order valence-electron chi connectivity index (χ4n) is 4.09. The van der Waals surface area contributed by atoms with Gasteiger partial charge in [-0.25, -0.2) is 0 Å². The molecule has 0 radical (unpaired) electrons. The largest absolute Gasteiger partial charge is 0.389 e. The molecule has 0 bridgehead atoms. The Kier molecular flexibility index (Phi) is 4.91. The third-order valence-corrected chi connectivity index (χ3v) is 5.57. The van der Waals surface area contributed by atoms with Gasteiger partial charge in [-0.1, -0.05) is 19.3 Å². The lowest BCUT2D eigenvalue weighted by molar-refractivity contribution is 0.00255. The molecular formula is C16H32N2O. The first-order valence-corrected chi connectivity index (χ1v) is 8.13. The molecule has 19 heavy (non-hydrogen) atoms. The molecule has 0 aromatic rings. The summed E-state index contributed by atoms with van der Waals surface area (Å²) in [6, 6.07) is 0.444. The third-order valence-electron chi connectivity index (χ3n) is 5.57. The summed E-state index contributed by atoms with van der Waals surface area (Å²) in [5.74, 6) is 0. The molecule has 2 fully saturated rings. The number of hydrogen-bond acceptors (Lipinski definition) is 3. The van der Waals surface area contributed by atoms with E-state index in [9.17, 15) is 5.11 Å². The topological polar surface area (TPSA) is 49.5 Å². The fraction of sp³-hybridized carbons (Fsp3) is 1.00. The van der Waals surface area contributed by atoms with E-state index in [0.717, 1.165) is 6.42 Å². The van der Waals surface area contributed by atoms with Crippen LogP contribution in [0.4, 0.5) is 0 Å². The highest BCUT2D eigenvalue weighted by Gasteiger charge is 2.37. The van der Waals surface area contributed by atoms with Gasteiger partial charge in [-0.15, -0.1) is 0 Å². The summed E-state index contributed by atoms with van der Waals surface area (Å²) in [6.45, 7) is 6.87. The molecule has 3 N–H and O–H groups in total. The van der Waals surface area contributed by atoms with Gasteiger partial charge < -0.3 is 15.7 Å². The van der Waals surface area contributed by atoms with Crippen molar-refractivity contribution in [2.75, 3.05) is 19.6 Å². The van der Waals surface area contributed by atoms with Crippen LogP contribution in [0.3, 0.4) is 0 Å². The van der Waals surface area contributed by atoms with Crippen molar-refractivity contribution in [3.63, 3.8) is 0 Å². The van der Waals surface area contributed by atoms with E-state index in [2.05, 4.69) is 11.8 Å². The average Bonchev–Trinajstić information content (AvgIpc) is 2.40. The Labute approximate surface area is 118 Å². The molecule has 3 heteroatoms. The van der Waals surface area contributed by atoms with Gasteiger partial charge in [-0.05, 0) is 64.5 Å². The van der Waals surface area contributed by atoms with E-state index in [1.54, 1.807) is 0 Å². The molecule has 2 unspecified atom stereocenters. The van der Waals surface area contributed by atoms with E-state index in [-0.39, 0.29) is 0 Å². The summed E-state index contributed by atoms with van der Waals surface area (Å²) in [5.41, 5.74) is 5.59. The van der Waals surface area contributed by atoms with Crippen molar-refractivity contribution in [1.29, 1.82) is 0 Å². The zero-order valence-electron chi connectivity index (χ0n) is 12.8. The van der Waals surface area contributed by atoms with E-state index in [0.29, 0.717) is 18.0 Å². The summed E-state index contributed by atoms with van der Waals surface area (Å²) in [6.07, 6.45) is 10.8. The molecule has 1 aliphatic carbocycles. The lowest BCUT2D eigenvalue weighted by Crippen LogP contribution is -2.48. The molecule has 3 nitrogen and oxygen atoms in total. The van der Waals surface area contributed by atoms with E-state index < -0.39 is 5.60 Å². The van der Waals surface area contributed by atoms with Crippen LogP contribution in [0.25, 0.3) is 0 Å². The number of aliphatic hydroxyl groups is 1. The van der Waals surface area contributed by atoms with Gasteiger partial charge in [0.1, 0.15) is 0 Å². The first-order chi connectivity index (χ1) is 8.96. The van der Waals surface area contributed by atoms with Crippen LogP contribution in [0.1, 0.15) is 65.2 Å². The predicted molar refractivity (Wildman–Crippen MR) is 80.1 cm³/mol. The Morgan fingerprint density at radius 3 is 2.26 bits per heavy atom. The zero-order chi connectivity index (χ0) is 13.9. The number of rotatable bonds is 4. The Morgan fingerprint density at radius 1 is 1.16 bits per heavy atom. The number of likely N-dealkylation sites (tertiary alicyclic amines) is 1. The van der Waals surface area contributed by atoms with Crippen molar-refractivity contribution < 1.29 is 5.11 Å². The summed E-state index contributed by atoms with van der Waals surface area (Å²) in [7, 11) is 0. The molecule has 0 amide bonds. The van der Waals surface area contributed by atoms with Gasteiger partial charge in [0.2, 0.25) is 0 Å². The van der Waals surface area contributed by atoms with Crippen LogP contribution < -0.4 is 5.73 Å². The Hall–Kier alpha value is -0.120. The van der Waals surface area contributed by atoms with Crippen LogP contribution in [-0.4, -0.2) is 41.3 Å².